The van der Waals surface area contributed by atoms with Gasteiger partial charge in [0, 0.05) is 22.7 Å². The van der Waals surface area contributed by atoms with Crippen LogP contribution in [0.1, 0.15) is 12.8 Å². The van der Waals surface area contributed by atoms with E-state index in [0.29, 0.717) is 12.8 Å². The van der Waals surface area contributed by atoms with Gasteiger partial charge in [-0.15, -0.1) is 0 Å². The summed E-state index contributed by atoms with van der Waals surface area (Å²) in [6.07, 6.45) is 0.109. The number of hydrogen-bond donors (Lipinski definition) is 4. The van der Waals surface area contributed by atoms with Crippen LogP contribution in [0.25, 0.3) is 0 Å². The lowest BCUT2D eigenvalue weighted by Gasteiger charge is -2.11. The van der Waals surface area contributed by atoms with Crippen molar-refractivity contribution in [1.29, 1.82) is 0 Å². The fourth-order valence-electron chi connectivity index (χ4n) is 0.702. The van der Waals surface area contributed by atoms with Crippen LogP contribution in [0.2, 0.25) is 0 Å². The predicted octanol–water partition coefficient (Wildman–Crippen LogP) is -0.561. The fourth-order valence-corrected chi connectivity index (χ4v) is 1.13. The first kappa shape index (κ1) is 11.8. The van der Waals surface area contributed by atoms with Crippen LogP contribution >= 0.6 is 16.1 Å². The third-order valence-electron chi connectivity index (χ3n) is 1.49. The van der Waals surface area contributed by atoms with Gasteiger partial charge in [-0.25, -0.2) is 4.34 Å². The molecule has 0 bridgehead atoms. The molecular weight excluding hydrogens is 228 g/mol. The van der Waals surface area contributed by atoms with Crippen LogP contribution in [0, 0.1) is 0 Å². The quantitative estimate of drug-likeness (QED) is 0.467. The van der Waals surface area contributed by atoms with Gasteiger partial charge in [0.15, 0.2) is 0 Å². The van der Waals surface area contributed by atoms with Crippen molar-refractivity contribution in [3.05, 3.63) is 0 Å². The third-order valence-corrected chi connectivity index (χ3v) is 2.04. The molecule has 0 saturated carbocycles. The van der Waals surface area contributed by atoms with Crippen molar-refractivity contribution in [2.24, 2.45) is 5.73 Å². The minimum Gasteiger partial charge on any atom is -0.480 e. The van der Waals surface area contributed by atoms with Crippen LogP contribution < -0.4 is 10.1 Å². The van der Waals surface area contributed by atoms with Crippen molar-refractivity contribution in [3.8, 4) is 0 Å². The number of nitrogens with one attached hydrogen (secondary N) is 1. The molecule has 6 heteroatoms. The average Bonchev–Trinajstić information content (AvgIpc) is 2.04. The zero-order valence-corrected chi connectivity index (χ0v) is 8.12. The van der Waals surface area contributed by atoms with Gasteiger partial charge < -0.3 is 15.9 Å². The van der Waals surface area contributed by atoms with E-state index < -0.39 is 18.1 Å². The Morgan fingerprint density at radius 2 is 2.17 bits per heavy atom. The molecule has 5 N–H and O–H groups in total. The molecule has 0 spiro atoms. The van der Waals surface area contributed by atoms with E-state index in [9.17, 15) is 4.79 Å². The molecule has 0 heterocycles. The number of carboxylic acids is 1. The average molecular weight is 241 g/mol. The van der Waals surface area contributed by atoms with Gasteiger partial charge in [-0.05, 0) is 12.8 Å². The van der Waals surface area contributed by atoms with E-state index in [1.54, 1.807) is 0 Å². The van der Waals surface area contributed by atoms with Gasteiger partial charge in [0.05, 0.1) is 6.10 Å². The Hall–Kier alpha value is -0.170. The number of carboxylic acid groups (broad SMARTS) is 1. The zero-order chi connectivity index (χ0) is 9.56. The summed E-state index contributed by atoms with van der Waals surface area (Å²) in [6.45, 7) is 0.161. The first-order valence-corrected chi connectivity index (χ1v) is 4.38. The summed E-state index contributed by atoms with van der Waals surface area (Å²) < 4.78 is 2.44. The molecule has 12 heavy (non-hydrogen) atoms. The van der Waals surface area contributed by atoms with Crippen molar-refractivity contribution >= 4 is 22.1 Å². The molecule has 0 unspecified atom stereocenters. The van der Waals surface area contributed by atoms with Gasteiger partial charge >= 0.3 is 5.97 Å². The van der Waals surface area contributed by atoms with Crippen LogP contribution in [0.4, 0.5) is 0 Å². The highest BCUT2D eigenvalue weighted by Crippen LogP contribution is 2.02. The number of nitrogens with two attached hydrogens (primary N) is 1. The molecular formula is C6H13BrN2O3. The summed E-state index contributed by atoms with van der Waals surface area (Å²) in [7, 11) is 0. The molecule has 0 aromatic rings. The topological polar surface area (TPSA) is 95.6 Å². The highest BCUT2D eigenvalue weighted by molar-refractivity contribution is 9.08. The van der Waals surface area contributed by atoms with Gasteiger partial charge in [0.1, 0.15) is 6.04 Å². The van der Waals surface area contributed by atoms with Crippen molar-refractivity contribution < 1.29 is 15.0 Å². The second-order valence-electron chi connectivity index (χ2n) is 2.47. The van der Waals surface area contributed by atoms with E-state index in [1.807, 2.05) is 0 Å². The first-order chi connectivity index (χ1) is 5.61. The van der Waals surface area contributed by atoms with Gasteiger partial charge in [-0.3, -0.25) is 4.79 Å². The molecule has 0 saturated heterocycles. The molecule has 0 aliphatic rings. The predicted molar refractivity (Wildman–Crippen MR) is 47.8 cm³/mol. The lowest BCUT2D eigenvalue weighted by molar-refractivity contribution is -0.139. The molecule has 0 amide bonds. The van der Waals surface area contributed by atoms with Crippen molar-refractivity contribution in [2.45, 2.75) is 25.0 Å². The minimum atomic E-state index is -0.948. The lowest BCUT2D eigenvalue weighted by Crippen LogP contribution is -2.32. The Morgan fingerprint density at radius 3 is 2.50 bits per heavy atom. The summed E-state index contributed by atoms with van der Waals surface area (Å²) in [6, 6.07) is -0.675. The van der Waals surface area contributed by atoms with E-state index in [0.717, 1.165) is 0 Å². The zero-order valence-electron chi connectivity index (χ0n) is 6.53. The third kappa shape index (κ3) is 4.66. The fraction of sp³-hybridized carbons (Fsp3) is 0.833. The molecule has 0 aliphatic heterocycles. The number of aliphatic carboxylic acids is 1. The number of carbonyl (C=O) groups is 1. The van der Waals surface area contributed by atoms with E-state index in [4.69, 9.17) is 15.9 Å². The smallest absolute Gasteiger partial charge is 0.321 e. The van der Waals surface area contributed by atoms with Crippen molar-refractivity contribution in [2.75, 3.05) is 6.54 Å². The van der Waals surface area contributed by atoms with Crippen LogP contribution in [-0.4, -0.2) is 34.9 Å². The largest absolute Gasteiger partial charge is 0.480 e. The Kier molecular flexibility index (Phi) is 6.27. The Labute approximate surface area is 79.3 Å². The number of hydrogen-bond acceptors (Lipinski definition) is 4. The Bertz CT molecular complexity index is 145. The van der Waals surface area contributed by atoms with Gasteiger partial charge in [-0.1, -0.05) is 0 Å². The van der Waals surface area contributed by atoms with Crippen LogP contribution in [0.15, 0.2) is 0 Å². The maximum atomic E-state index is 10.4. The van der Waals surface area contributed by atoms with E-state index in [-0.39, 0.29) is 6.54 Å². The monoisotopic (exact) mass is 240 g/mol. The van der Waals surface area contributed by atoms with Crippen molar-refractivity contribution in [3.63, 3.8) is 0 Å². The second-order valence-corrected chi connectivity index (χ2v) is 2.92. The van der Waals surface area contributed by atoms with E-state index in [1.165, 1.54) is 0 Å². The highest BCUT2D eigenvalue weighted by Gasteiger charge is 2.16. The SMILES string of the molecule is NC[C@H](O)CC[C@H](NBr)C(=O)O. The molecule has 0 rings (SSSR count). The molecule has 5 nitrogen and oxygen atoms in total. The van der Waals surface area contributed by atoms with E-state index >= 15 is 0 Å². The number of rotatable bonds is 6. The van der Waals surface area contributed by atoms with Gasteiger partial charge in [-0.2, -0.15) is 0 Å². The second kappa shape index (κ2) is 6.36. The maximum Gasteiger partial charge on any atom is 0.321 e. The molecule has 72 valence electrons. The molecule has 0 aromatic carbocycles. The summed E-state index contributed by atoms with van der Waals surface area (Å²) in [5.41, 5.74) is 5.15. The Balaban J connectivity index is 3.65. The van der Waals surface area contributed by atoms with Crippen molar-refractivity contribution in [1.82, 2.24) is 4.34 Å². The molecule has 0 aromatic heterocycles. The number of halogens is 1. The number of aliphatic hydroxyl groups excluding tert-OH is 1. The lowest BCUT2D eigenvalue weighted by atomic mass is 10.1. The first-order valence-electron chi connectivity index (χ1n) is 3.59. The summed E-state index contributed by atoms with van der Waals surface area (Å²) in [4.78, 5) is 10.4. The van der Waals surface area contributed by atoms with Gasteiger partial charge in [0.25, 0.3) is 0 Å². The minimum absolute atomic E-state index is 0.161. The molecule has 0 radical (unpaired) electrons. The van der Waals surface area contributed by atoms with Crippen LogP contribution in [0.3, 0.4) is 0 Å². The van der Waals surface area contributed by atoms with Gasteiger partial charge in [0.2, 0.25) is 0 Å². The maximum absolute atomic E-state index is 10.4. The summed E-state index contributed by atoms with van der Waals surface area (Å²) in [5.74, 6) is -0.948. The highest BCUT2D eigenvalue weighted by atomic mass is 79.9. The normalized spacial score (nSPS) is 15.6. The molecule has 2 atom stereocenters. The summed E-state index contributed by atoms with van der Waals surface area (Å²) in [5, 5.41) is 17.6. The molecule has 0 aliphatic carbocycles. The van der Waals surface area contributed by atoms with E-state index in [2.05, 4.69) is 20.5 Å². The molecule has 0 fully saturated rings. The van der Waals surface area contributed by atoms with Crippen LogP contribution in [-0.2, 0) is 4.79 Å². The Morgan fingerprint density at radius 1 is 1.58 bits per heavy atom. The van der Waals surface area contributed by atoms with Crippen LogP contribution in [0.5, 0.6) is 0 Å². The number of aliphatic hydroxyl groups is 1. The standard InChI is InChI=1S/C6H13BrN2O3/c7-9-5(6(11)12)2-1-4(10)3-8/h4-5,9-10H,1-3,8H2,(H,11,12)/t4-,5+/m1/s1. The summed E-state index contributed by atoms with van der Waals surface area (Å²) >= 11 is 2.84.